The molecule has 0 spiro atoms. The molecule has 0 aliphatic heterocycles. The summed E-state index contributed by atoms with van der Waals surface area (Å²) >= 11 is 0. The Bertz CT molecular complexity index is 531. The summed E-state index contributed by atoms with van der Waals surface area (Å²) in [4.78, 5) is 0. The van der Waals surface area contributed by atoms with Gasteiger partial charge in [-0.1, -0.05) is 23.8 Å². The average molecular weight is 256 g/mol. The maximum Gasteiger partial charge on any atom is 0.118 e. The fourth-order valence-corrected chi connectivity index (χ4v) is 2.23. The normalized spacial score (nSPS) is 10.5. The van der Waals surface area contributed by atoms with Crippen LogP contribution in [0.1, 0.15) is 22.3 Å². The Morgan fingerprint density at radius 3 is 2.32 bits per heavy atom. The second-order valence-corrected chi connectivity index (χ2v) is 4.97. The zero-order valence-electron chi connectivity index (χ0n) is 11.9. The van der Waals surface area contributed by atoms with Gasteiger partial charge in [0, 0.05) is 11.1 Å². The van der Waals surface area contributed by atoms with Gasteiger partial charge in [-0.2, -0.15) is 0 Å². The van der Waals surface area contributed by atoms with E-state index >= 15 is 0 Å². The van der Waals surface area contributed by atoms with Gasteiger partial charge < -0.3 is 10.1 Å². The van der Waals surface area contributed by atoms with Gasteiger partial charge >= 0.3 is 0 Å². The molecule has 0 atom stereocenters. The van der Waals surface area contributed by atoms with E-state index in [0.29, 0.717) is 0 Å². The molecule has 0 aliphatic carbocycles. The van der Waals surface area contributed by atoms with Gasteiger partial charge in [-0.25, -0.2) is 0 Å². The zero-order chi connectivity index (χ0) is 13.7. The molecule has 0 saturated heterocycles. The summed E-state index contributed by atoms with van der Waals surface area (Å²) in [6, 6.07) is 14.9. The largest absolute Gasteiger partial charge is 0.497 e. The Labute approximate surface area is 115 Å². The first-order chi connectivity index (χ1) is 9.19. The van der Waals surface area contributed by atoms with Crippen molar-refractivity contribution < 1.29 is 10.1 Å². The zero-order valence-corrected chi connectivity index (χ0v) is 11.9. The van der Waals surface area contributed by atoms with Crippen molar-refractivity contribution in [3.63, 3.8) is 0 Å². The molecule has 2 N–H and O–H groups in total. The van der Waals surface area contributed by atoms with Crippen LogP contribution in [0.5, 0.6) is 5.75 Å². The first-order valence-corrected chi connectivity index (χ1v) is 6.70. The van der Waals surface area contributed by atoms with Crippen LogP contribution in [0.15, 0.2) is 42.5 Å². The Hall–Kier alpha value is -1.80. The predicted octanol–water partition coefficient (Wildman–Crippen LogP) is 2.58. The molecule has 0 amide bonds. The number of aryl methyl sites for hydroxylation is 2. The quantitative estimate of drug-likeness (QED) is 0.874. The third-order valence-corrected chi connectivity index (χ3v) is 3.40. The lowest BCUT2D eigenvalue weighted by molar-refractivity contribution is -0.686. The maximum atomic E-state index is 5.16. The van der Waals surface area contributed by atoms with Gasteiger partial charge in [0.1, 0.15) is 18.8 Å². The summed E-state index contributed by atoms with van der Waals surface area (Å²) < 4.78 is 5.16. The van der Waals surface area contributed by atoms with E-state index in [9.17, 15) is 0 Å². The van der Waals surface area contributed by atoms with E-state index in [4.69, 9.17) is 4.74 Å². The van der Waals surface area contributed by atoms with Gasteiger partial charge in [0.05, 0.1) is 7.11 Å². The molecule has 0 aliphatic rings. The highest BCUT2D eigenvalue weighted by Crippen LogP contribution is 2.11. The molecule has 0 radical (unpaired) electrons. The molecule has 0 heterocycles. The van der Waals surface area contributed by atoms with Crippen molar-refractivity contribution in [1.29, 1.82) is 0 Å². The minimum Gasteiger partial charge on any atom is -0.497 e. The van der Waals surface area contributed by atoms with Gasteiger partial charge in [0.15, 0.2) is 0 Å². The molecule has 2 heteroatoms. The molecule has 100 valence electrons. The second kappa shape index (κ2) is 6.39. The molecular weight excluding hydrogens is 234 g/mol. The first kappa shape index (κ1) is 13.6. The molecule has 2 rings (SSSR count). The van der Waals surface area contributed by atoms with E-state index in [2.05, 4.69) is 49.5 Å². The first-order valence-electron chi connectivity index (χ1n) is 6.70. The van der Waals surface area contributed by atoms with Crippen molar-refractivity contribution >= 4 is 0 Å². The lowest BCUT2D eigenvalue weighted by Crippen LogP contribution is -2.80. The number of benzene rings is 2. The van der Waals surface area contributed by atoms with Crippen molar-refractivity contribution in [2.45, 2.75) is 26.9 Å². The van der Waals surface area contributed by atoms with Crippen LogP contribution in [-0.4, -0.2) is 7.11 Å². The van der Waals surface area contributed by atoms with Crippen LogP contribution in [0.25, 0.3) is 0 Å². The molecule has 2 nitrogen and oxygen atoms in total. The molecular formula is C17H22NO+. The summed E-state index contributed by atoms with van der Waals surface area (Å²) in [6.07, 6.45) is 0. The SMILES string of the molecule is COc1ccc(C[NH2+]Cc2ccc(C)cc2C)cc1. The highest BCUT2D eigenvalue weighted by Gasteiger charge is 2.01. The van der Waals surface area contributed by atoms with Crippen molar-refractivity contribution in [3.8, 4) is 5.75 Å². The topological polar surface area (TPSA) is 25.8 Å². The summed E-state index contributed by atoms with van der Waals surface area (Å²) in [5.74, 6) is 0.915. The number of hydrogen-bond donors (Lipinski definition) is 1. The Morgan fingerprint density at radius 2 is 1.68 bits per heavy atom. The summed E-state index contributed by atoms with van der Waals surface area (Å²) in [5, 5.41) is 2.33. The number of ether oxygens (including phenoxy) is 1. The molecule has 0 bridgehead atoms. The monoisotopic (exact) mass is 256 g/mol. The Morgan fingerprint density at radius 1 is 0.947 bits per heavy atom. The lowest BCUT2D eigenvalue weighted by Gasteiger charge is -2.07. The van der Waals surface area contributed by atoms with Gasteiger partial charge in [0.25, 0.3) is 0 Å². The van der Waals surface area contributed by atoms with E-state index in [-0.39, 0.29) is 0 Å². The van der Waals surface area contributed by atoms with Gasteiger partial charge in [-0.15, -0.1) is 0 Å². The van der Waals surface area contributed by atoms with E-state index in [0.717, 1.165) is 18.8 Å². The van der Waals surface area contributed by atoms with E-state index < -0.39 is 0 Å². The van der Waals surface area contributed by atoms with Crippen molar-refractivity contribution in [2.24, 2.45) is 0 Å². The maximum absolute atomic E-state index is 5.16. The van der Waals surface area contributed by atoms with Gasteiger partial charge in [0.2, 0.25) is 0 Å². The van der Waals surface area contributed by atoms with Crippen LogP contribution in [-0.2, 0) is 13.1 Å². The Balaban J connectivity index is 1.88. The standard InChI is InChI=1S/C17H21NO/c1-13-4-7-16(14(2)10-13)12-18-11-15-5-8-17(19-3)9-6-15/h4-10,18H,11-12H2,1-3H3/p+1. The highest BCUT2D eigenvalue weighted by molar-refractivity contribution is 5.29. The van der Waals surface area contributed by atoms with Crippen LogP contribution in [0.2, 0.25) is 0 Å². The molecule has 2 aromatic rings. The summed E-state index contributed by atoms with van der Waals surface area (Å²) in [7, 11) is 1.70. The molecule has 0 unspecified atom stereocenters. The third kappa shape index (κ3) is 3.83. The number of quaternary nitrogens is 1. The minimum absolute atomic E-state index is 0.915. The van der Waals surface area contributed by atoms with Crippen molar-refractivity contribution in [1.82, 2.24) is 0 Å². The third-order valence-electron chi connectivity index (χ3n) is 3.40. The van der Waals surface area contributed by atoms with Gasteiger partial charge in [-0.05, 0) is 43.7 Å². The molecule has 19 heavy (non-hydrogen) atoms. The summed E-state index contributed by atoms with van der Waals surface area (Å²) in [6.45, 7) is 6.34. The van der Waals surface area contributed by atoms with Crippen LogP contribution < -0.4 is 10.1 Å². The fourth-order valence-electron chi connectivity index (χ4n) is 2.23. The van der Waals surface area contributed by atoms with Crippen LogP contribution >= 0.6 is 0 Å². The van der Waals surface area contributed by atoms with Crippen LogP contribution in [0.3, 0.4) is 0 Å². The smallest absolute Gasteiger partial charge is 0.118 e. The van der Waals surface area contributed by atoms with Crippen molar-refractivity contribution in [3.05, 3.63) is 64.7 Å². The van der Waals surface area contributed by atoms with E-state index in [1.165, 1.54) is 22.3 Å². The number of methoxy groups -OCH3 is 1. The predicted molar refractivity (Wildman–Crippen MR) is 78.2 cm³/mol. The van der Waals surface area contributed by atoms with Crippen LogP contribution in [0.4, 0.5) is 0 Å². The molecule has 0 fully saturated rings. The lowest BCUT2D eigenvalue weighted by atomic mass is 10.1. The molecule has 0 aromatic heterocycles. The Kier molecular flexibility index (Phi) is 4.58. The van der Waals surface area contributed by atoms with E-state index in [1.807, 2.05) is 12.1 Å². The highest BCUT2D eigenvalue weighted by atomic mass is 16.5. The second-order valence-electron chi connectivity index (χ2n) is 4.97. The van der Waals surface area contributed by atoms with E-state index in [1.54, 1.807) is 7.11 Å². The summed E-state index contributed by atoms with van der Waals surface area (Å²) in [5.41, 5.74) is 5.45. The molecule has 0 saturated carbocycles. The number of hydrogen-bond acceptors (Lipinski definition) is 1. The number of rotatable bonds is 5. The minimum atomic E-state index is 0.915. The average Bonchev–Trinajstić information content (AvgIpc) is 2.42. The number of nitrogens with two attached hydrogens (primary N) is 1. The van der Waals surface area contributed by atoms with Crippen LogP contribution in [0, 0.1) is 13.8 Å². The van der Waals surface area contributed by atoms with Gasteiger partial charge in [-0.3, -0.25) is 0 Å². The molecule has 2 aromatic carbocycles. The van der Waals surface area contributed by atoms with Crippen molar-refractivity contribution in [2.75, 3.05) is 7.11 Å². The fraction of sp³-hybridized carbons (Fsp3) is 0.294.